The van der Waals surface area contributed by atoms with Gasteiger partial charge in [-0.2, -0.15) is 0 Å². The first-order chi connectivity index (χ1) is 15.3. The smallest absolute Gasteiger partial charge is 0.411 e. The van der Waals surface area contributed by atoms with E-state index < -0.39 is 35.7 Å². The first kappa shape index (κ1) is 23.5. The van der Waals surface area contributed by atoms with E-state index in [0.29, 0.717) is 13.0 Å². The number of rotatable bonds is 9. The van der Waals surface area contributed by atoms with Gasteiger partial charge in [-0.1, -0.05) is 11.6 Å². The molecular weight excluding hydrogens is 440 g/mol. The number of hydrogen-bond donors (Lipinski definition) is 4. The van der Waals surface area contributed by atoms with Gasteiger partial charge in [0.1, 0.15) is 0 Å². The van der Waals surface area contributed by atoms with Crippen molar-refractivity contribution in [2.24, 2.45) is 5.92 Å². The predicted octanol–water partition coefficient (Wildman–Crippen LogP) is 1.38. The summed E-state index contributed by atoms with van der Waals surface area (Å²) in [6.45, 7) is 2.24. The molecule has 10 nitrogen and oxygen atoms in total. The van der Waals surface area contributed by atoms with Gasteiger partial charge in [-0.3, -0.25) is 24.5 Å². The molecule has 2 fully saturated rings. The Labute approximate surface area is 189 Å². The molecule has 32 heavy (non-hydrogen) atoms. The lowest BCUT2D eigenvalue weighted by Gasteiger charge is -2.20. The molecule has 1 aromatic rings. The fourth-order valence-electron chi connectivity index (χ4n) is 3.35. The van der Waals surface area contributed by atoms with Gasteiger partial charge >= 0.3 is 6.09 Å². The van der Waals surface area contributed by atoms with Gasteiger partial charge in [-0.15, -0.1) is 0 Å². The third-order valence-corrected chi connectivity index (χ3v) is 5.41. The maximum atomic E-state index is 13.0. The van der Waals surface area contributed by atoms with E-state index >= 15 is 0 Å². The zero-order valence-corrected chi connectivity index (χ0v) is 18.3. The molecule has 4 amide bonds. The number of hydrogen-bond acceptors (Lipinski definition) is 6. The van der Waals surface area contributed by atoms with Gasteiger partial charge in [0.15, 0.2) is 0 Å². The third kappa shape index (κ3) is 6.19. The molecule has 3 rings (SSSR count). The molecule has 1 saturated carbocycles. The summed E-state index contributed by atoms with van der Waals surface area (Å²) < 4.78 is 4.84. The monoisotopic (exact) mass is 464 g/mol. The maximum absolute atomic E-state index is 13.0. The summed E-state index contributed by atoms with van der Waals surface area (Å²) in [5.74, 6) is -3.09. The Bertz CT molecular complexity index is 933. The number of anilines is 1. The molecule has 2 atom stereocenters. The van der Waals surface area contributed by atoms with Gasteiger partial charge in [0.2, 0.25) is 11.7 Å². The number of Topliss-reactive ketones (excluding diaryl/α,β-unsaturated/α-hetero) is 1. The number of nitrogens with one attached hydrogen (secondary N) is 4. The number of benzene rings is 1. The van der Waals surface area contributed by atoms with E-state index in [1.54, 1.807) is 6.92 Å². The number of ketones is 1. The Morgan fingerprint density at radius 1 is 1.22 bits per heavy atom. The van der Waals surface area contributed by atoms with Crippen LogP contribution in [0.15, 0.2) is 18.2 Å². The van der Waals surface area contributed by atoms with Crippen LogP contribution in [0.1, 0.15) is 43.0 Å². The molecule has 1 aliphatic carbocycles. The lowest BCUT2D eigenvalue weighted by molar-refractivity contribution is -0.139. The Morgan fingerprint density at radius 3 is 2.59 bits per heavy atom. The molecule has 1 unspecified atom stereocenters. The second kappa shape index (κ2) is 10.4. The van der Waals surface area contributed by atoms with E-state index in [1.165, 1.54) is 18.2 Å². The summed E-state index contributed by atoms with van der Waals surface area (Å²) in [6.07, 6.45) is 1.31. The van der Waals surface area contributed by atoms with Crippen LogP contribution in [0.4, 0.5) is 10.5 Å². The van der Waals surface area contributed by atoms with E-state index in [0.717, 1.165) is 12.8 Å². The van der Waals surface area contributed by atoms with E-state index in [2.05, 4.69) is 21.3 Å². The summed E-state index contributed by atoms with van der Waals surface area (Å²) >= 11 is 6.02. The van der Waals surface area contributed by atoms with E-state index in [-0.39, 0.29) is 41.3 Å². The summed E-state index contributed by atoms with van der Waals surface area (Å²) in [5.41, 5.74) is 0.111. The van der Waals surface area contributed by atoms with Crippen LogP contribution in [-0.4, -0.2) is 54.8 Å². The summed E-state index contributed by atoms with van der Waals surface area (Å²) in [6, 6.07) is 2.98. The normalized spacial score (nSPS) is 18.3. The average molecular weight is 465 g/mol. The van der Waals surface area contributed by atoms with E-state index in [9.17, 15) is 24.0 Å². The average Bonchev–Trinajstić information content (AvgIpc) is 3.48. The van der Waals surface area contributed by atoms with Gasteiger partial charge in [0, 0.05) is 23.5 Å². The van der Waals surface area contributed by atoms with E-state index in [1.807, 2.05) is 0 Å². The molecule has 1 saturated heterocycles. The first-order valence-corrected chi connectivity index (χ1v) is 10.8. The number of carbonyl (C=O) groups is 5. The highest BCUT2D eigenvalue weighted by Gasteiger charge is 2.36. The standard InChI is InChI=1S/C21H25ClN4O6/c1-2-32-21(31)26-15-6-3-12(22)10-14(15)19(29)25-16(9-11-7-8-23-18(11)28)17(27)20(30)24-13-4-5-13/h3,6,10-11,13,16H,2,4-5,7-9H2,1H3,(H,23,28)(H,24,30)(H,25,29)(H,26,31)/t11-,16?/m0/s1. The fraction of sp³-hybridized carbons (Fsp3) is 0.476. The van der Waals surface area contributed by atoms with Crippen molar-refractivity contribution < 1.29 is 28.7 Å². The SMILES string of the molecule is CCOC(=O)Nc1ccc(Cl)cc1C(=O)NC(C[C@@H]1CCNC1=O)C(=O)C(=O)NC1CC1. The van der Waals surface area contributed by atoms with Crippen molar-refractivity contribution in [3.05, 3.63) is 28.8 Å². The van der Waals surface area contributed by atoms with Gasteiger partial charge in [0.25, 0.3) is 11.8 Å². The van der Waals surface area contributed by atoms with Crippen LogP contribution in [0.5, 0.6) is 0 Å². The molecule has 11 heteroatoms. The van der Waals surface area contributed by atoms with E-state index in [4.69, 9.17) is 16.3 Å². The van der Waals surface area contributed by atoms with Crippen LogP contribution in [0.2, 0.25) is 5.02 Å². The first-order valence-electron chi connectivity index (χ1n) is 10.4. The minimum Gasteiger partial charge on any atom is -0.450 e. The number of halogens is 1. The topological polar surface area (TPSA) is 143 Å². The summed E-state index contributed by atoms with van der Waals surface area (Å²) in [7, 11) is 0. The van der Waals surface area contributed by atoms with Crippen LogP contribution in [0.3, 0.4) is 0 Å². The Morgan fingerprint density at radius 2 is 1.97 bits per heavy atom. The summed E-state index contributed by atoms with van der Waals surface area (Å²) in [5, 5.41) is 10.5. The maximum Gasteiger partial charge on any atom is 0.411 e. The highest BCUT2D eigenvalue weighted by molar-refractivity contribution is 6.38. The number of ether oxygens (including phenoxy) is 1. The molecule has 0 radical (unpaired) electrons. The van der Waals surface area contributed by atoms with Crippen LogP contribution < -0.4 is 21.3 Å². The van der Waals surface area contributed by atoms with Crippen LogP contribution >= 0.6 is 11.6 Å². The lowest BCUT2D eigenvalue weighted by atomic mass is 9.95. The molecule has 1 aliphatic heterocycles. The largest absolute Gasteiger partial charge is 0.450 e. The predicted molar refractivity (Wildman–Crippen MR) is 115 cm³/mol. The minimum atomic E-state index is -1.22. The Balaban J connectivity index is 1.79. The molecule has 0 bridgehead atoms. The van der Waals surface area contributed by atoms with Crippen LogP contribution in [-0.2, 0) is 19.1 Å². The number of carbonyl (C=O) groups excluding carboxylic acids is 5. The molecule has 1 heterocycles. The highest BCUT2D eigenvalue weighted by Crippen LogP contribution is 2.23. The van der Waals surface area contributed by atoms with Gasteiger partial charge in [-0.05, 0) is 50.8 Å². The molecule has 0 spiro atoms. The molecule has 0 aromatic heterocycles. The molecule has 2 aliphatic rings. The van der Waals surface area contributed by atoms with Crippen molar-refractivity contribution in [2.75, 3.05) is 18.5 Å². The summed E-state index contributed by atoms with van der Waals surface area (Å²) in [4.78, 5) is 62.0. The number of amides is 4. The molecule has 4 N–H and O–H groups in total. The van der Waals surface area contributed by atoms with Crippen molar-refractivity contribution >= 4 is 46.9 Å². The quantitative estimate of drug-likeness (QED) is 0.406. The molecule has 172 valence electrons. The molecule has 1 aromatic carbocycles. The minimum absolute atomic E-state index is 0.0122. The van der Waals surface area contributed by atoms with Crippen LogP contribution in [0.25, 0.3) is 0 Å². The second-order valence-electron chi connectivity index (χ2n) is 7.69. The second-order valence-corrected chi connectivity index (χ2v) is 8.12. The fourth-order valence-corrected chi connectivity index (χ4v) is 3.53. The zero-order chi connectivity index (χ0) is 23.3. The van der Waals surface area contributed by atoms with Gasteiger partial charge in [-0.25, -0.2) is 4.79 Å². The van der Waals surface area contributed by atoms with Crippen molar-refractivity contribution in [3.63, 3.8) is 0 Å². The van der Waals surface area contributed by atoms with Gasteiger partial charge in [0.05, 0.1) is 23.9 Å². The van der Waals surface area contributed by atoms with Crippen molar-refractivity contribution in [1.82, 2.24) is 16.0 Å². The van der Waals surface area contributed by atoms with Crippen LogP contribution in [0, 0.1) is 5.92 Å². The Hall–Kier alpha value is -3.14. The third-order valence-electron chi connectivity index (χ3n) is 5.18. The van der Waals surface area contributed by atoms with Crippen molar-refractivity contribution in [3.8, 4) is 0 Å². The lowest BCUT2D eigenvalue weighted by Crippen LogP contribution is -2.49. The van der Waals surface area contributed by atoms with Gasteiger partial charge < -0.3 is 20.7 Å². The zero-order valence-electron chi connectivity index (χ0n) is 17.5. The van der Waals surface area contributed by atoms with Crippen molar-refractivity contribution in [1.29, 1.82) is 0 Å². The molecular formula is C21H25ClN4O6. The Kier molecular flexibility index (Phi) is 7.68. The highest BCUT2D eigenvalue weighted by atomic mass is 35.5. The van der Waals surface area contributed by atoms with Crippen molar-refractivity contribution in [2.45, 2.75) is 44.7 Å².